The van der Waals surface area contributed by atoms with Gasteiger partial charge < -0.3 is 130 Å². The summed E-state index contributed by atoms with van der Waals surface area (Å²) in [6, 6.07) is -3.16. The van der Waals surface area contributed by atoms with E-state index in [1.54, 1.807) is 0 Å². The average molecular weight is 911 g/mol. The molecule has 28 heteroatoms. The summed E-state index contributed by atoms with van der Waals surface area (Å²) in [6.45, 7) is -2.53. The number of amides is 2. The molecule has 25 atom stereocenters. The number of aliphatic hydroxyl groups is 15. The molecule has 62 heavy (non-hydrogen) atoms. The van der Waals surface area contributed by atoms with Gasteiger partial charge in [-0.15, -0.1) is 0 Å². The lowest BCUT2D eigenvalue weighted by molar-refractivity contribution is -0.395. The van der Waals surface area contributed by atoms with Crippen LogP contribution in [0.4, 0.5) is 0 Å². The van der Waals surface area contributed by atoms with Crippen LogP contribution in [0.1, 0.15) is 13.8 Å². The monoisotopic (exact) mass is 910 g/mol. The van der Waals surface area contributed by atoms with Crippen LogP contribution in [0.25, 0.3) is 0 Å². The fraction of sp³-hybridized carbons (Fsp3) is 0.941. The number of ether oxygens (including phenoxy) is 9. The third kappa shape index (κ3) is 10.8. The zero-order valence-corrected chi connectivity index (χ0v) is 33.2. The highest BCUT2D eigenvalue weighted by Crippen LogP contribution is 2.36. The highest BCUT2D eigenvalue weighted by molar-refractivity contribution is 5.73. The SMILES string of the molecule is CC(=O)N[C@@H]1[C@@H](O)[C@H](O[C@@H]2O[C@H](CO)[C@@H](O[C@@H]3O[C@H](CO)[C@@H](O)[C@H](O[C@@H]4O[C@H](CO)[C@@H](O)[C@H](O)[C@@H]4O[C@@H]4O[C@@H](CO)[C@@H](O)[C@H](O)[C@H]4O)[C@@H]3O)[C@H](O)[C@H]2NC(C)=O)[C@@H](CO)O[C@H]1O. The molecule has 0 aromatic carbocycles. The first-order valence-corrected chi connectivity index (χ1v) is 19.6. The van der Waals surface area contributed by atoms with Gasteiger partial charge in [-0.2, -0.15) is 0 Å². The normalized spacial score (nSPS) is 49.0. The standard InChI is InChI=1S/C34H58N2O26/c1-8(42)35-15-20(47)26(13(6-40)54-30(15)53)59-31-16(36-9(2)43)21(48)27(14(7-41)58-31)60-33-25(52)28(19(46)12(5-39)56-33)61-34-29(23(50)18(45)11(4-38)57-34)62-32-24(51)22(49)17(44)10(3-37)55-32/h10-34,37-41,44-53H,3-7H2,1-2H3,(H,35,42)(H,36,43)/t10-,11+,12+,13+,14+,15+,16+,17+,18+,19+,20+,21+,22-,23-,24+,25-,26+,27+,28-,29-,30+,31-,32-,33-,34-/m0/s1. The molecule has 0 aromatic heterocycles. The van der Waals surface area contributed by atoms with Crippen LogP contribution in [-0.4, -0.2) is 275 Å². The minimum Gasteiger partial charge on any atom is -0.394 e. The van der Waals surface area contributed by atoms with Crippen molar-refractivity contribution in [2.24, 2.45) is 0 Å². The van der Waals surface area contributed by atoms with Crippen molar-refractivity contribution in [3.05, 3.63) is 0 Å². The summed E-state index contributed by atoms with van der Waals surface area (Å²) < 4.78 is 51.0. The van der Waals surface area contributed by atoms with Gasteiger partial charge in [-0.25, -0.2) is 0 Å². The maximum Gasteiger partial charge on any atom is 0.217 e. The van der Waals surface area contributed by atoms with Crippen LogP contribution in [0.15, 0.2) is 0 Å². The van der Waals surface area contributed by atoms with E-state index in [9.17, 15) is 86.2 Å². The van der Waals surface area contributed by atoms with E-state index in [0.29, 0.717) is 0 Å². The van der Waals surface area contributed by atoms with Gasteiger partial charge in [0.2, 0.25) is 11.8 Å². The molecule has 17 N–H and O–H groups in total. The molecule has 5 heterocycles. The molecule has 0 unspecified atom stereocenters. The van der Waals surface area contributed by atoms with Crippen molar-refractivity contribution in [2.75, 3.05) is 33.0 Å². The molecule has 0 aromatic rings. The predicted octanol–water partition coefficient (Wildman–Crippen LogP) is -11.6. The Bertz CT molecular complexity index is 1440. The Labute approximate surface area is 351 Å². The second-order valence-corrected chi connectivity index (χ2v) is 15.4. The molecule has 5 aliphatic heterocycles. The second kappa shape index (κ2) is 22.0. The summed E-state index contributed by atoms with van der Waals surface area (Å²) in [7, 11) is 0. The number of rotatable bonds is 15. The lowest BCUT2D eigenvalue weighted by Gasteiger charge is -2.50. The Morgan fingerprint density at radius 1 is 0.387 bits per heavy atom. The first kappa shape index (κ1) is 51.0. The molecule has 28 nitrogen and oxygen atoms in total. The number of carbonyl (C=O) groups is 2. The van der Waals surface area contributed by atoms with Gasteiger partial charge in [-0.3, -0.25) is 9.59 Å². The Morgan fingerprint density at radius 2 is 0.774 bits per heavy atom. The molecule has 5 fully saturated rings. The van der Waals surface area contributed by atoms with Gasteiger partial charge in [0.1, 0.15) is 122 Å². The smallest absolute Gasteiger partial charge is 0.217 e. The fourth-order valence-electron chi connectivity index (χ4n) is 7.82. The minimum absolute atomic E-state index is 0.687. The number of aliphatic hydroxyl groups excluding tert-OH is 15. The van der Waals surface area contributed by atoms with E-state index < -0.39 is 198 Å². The molecule has 2 amide bonds. The molecular weight excluding hydrogens is 852 g/mol. The zero-order valence-electron chi connectivity index (χ0n) is 33.2. The van der Waals surface area contributed by atoms with Gasteiger partial charge in [0.15, 0.2) is 31.5 Å². The van der Waals surface area contributed by atoms with Gasteiger partial charge in [0, 0.05) is 13.8 Å². The van der Waals surface area contributed by atoms with E-state index in [4.69, 9.17) is 42.6 Å². The molecule has 0 aliphatic carbocycles. The first-order valence-electron chi connectivity index (χ1n) is 19.6. The molecule has 360 valence electrons. The third-order valence-electron chi connectivity index (χ3n) is 11.1. The van der Waals surface area contributed by atoms with Gasteiger partial charge in [-0.1, -0.05) is 0 Å². The molecule has 0 radical (unpaired) electrons. The van der Waals surface area contributed by atoms with Crippen LogP contribution in [0.2, 0.25) is 0 Å². The lowest BCUT2D eigenvalue weighted by Crippen LogP contribution is -2.70. The minimum atomic E-state index is -2.18. The average Bonchev–Trinajstić information content (AvgIpc) is 3.23. The van der Waals surface area contributed by atoms with Crippen molar-refractivity contribution in [2.45, 2.75) is 167 Å². The second-order valence-electron chi connectivity index (χ2n) is 15.4. The van der Waals surface area contributed by atoms with E-state index >= 15 is 0 Å². The van der Waals surface area contributed by atoms with Crippen LogP contribution in [-0.2, 0) is 52.2 Å². The zero-order chi connectivity index (χ0) is 45.9. The van der Waals surface area contributed by atoms with Crippen LogP contribution >= 0.6 is 0 Å². The summed E-state index contributed by atoms with van der Waals surface area (Å²) in [5.74, 6) is -1.47. The topological polar surface area (TPSA) is 445 Å². The first-order chi connectivity index (χ1) is 29.3. The van der Waals surface area contributed by atoms with Crippen molar-refractivity contribution >= 4 is 11.8 Å². The van der Waals surface area contributed by atoms with Crippen molar-refractivity contribution < 1.29 is 129 Å². The lowest BCUT2D eigenvalue weighted by atomic mass is 9.94. The van der Waals surface area contributed by atoms with Gasteiger partial charge >= 0.3 is 0 Å². The third-order valence-corrected chi connectivity index (χ3v) is 11.1. The molecular formula is C34H58N2O26. The summed E-state index contributed by atoms with van der Waals surface area (Å²) in [5, 5.41) is 163. The van der Waals surface area contributed by atoms with Gasteiger partial charge in [0.05, 0.1) is 33.0 Å². The Kier molecular flexibility index (Phi) is 18.1. The largest absolute Gasteiger partial charge is 0.394 e. The number of nitrogens with one attached hydrogen (secondary N) is 2. The van der Waals surface area contributed by atoms with Crippen LogP contribution in [0, 0.1) is 0 Å². The van der Waals surface area contributed by atoms with Crippen LogP contribution in [0.3, 0.4) is 0 Å². The summed E-state index contributed by atoms with van der Waals surface area (Å²) in [4.78, 5) is 24.2. The van der Waals surface area contributed by atoms with Crippen molar-refractivity contribution in [1.82, 2.24) is 10.6 Å². The van der Waals surface area contributed by atoms with E-state index in [1.165, 1.54) is 0 Å². The van der Waals surface area contributed by atoms with E-state index in [1.807, 2.05) is 0 Å². The maximum absolute atomic E-state index is 12.4. The summed E-state index contributed by atoms with van der Waals surface area (Å²) >= 11 is 0. The summed E-state index contributed by atoms with van der Waals surface area (Å²) in [5.41, 5.74) is 0. The highest BCUT2D eigenvalue weighted by atomic mass is 16.8. The predicted molar refractivity (Wildman–Crippen MR) is 190 cm³/mol. The number of hydrogen-bond donors (Lipinski definition) is 17. The Morgan fingerprint density at radius 3 is 1.31 bits per heavy atom. The molecule has 0 saturated carbocycles. The van der Waals surface area contributed by atoms with Crippen molar-refractivity contribution in [1.29, 1.82) is 0 Å². The van der Waals surface area contributed by atoms with Crippen LogP contribution in [0.5, 0.6) is 0 Å². The molecule has 0 spiro atoms. The van der Waals surface area contributed by atoms with Crippen molar-refractivity contribution in [3.8, 4) is 0 Å². The fourth-order valence-corrected chi connectivity index (χ4v) is 7.82. The van der Waals surface area contributed by atoms with Gasteiger partial charge in [-0.05, 0) is 0 Å². The van der Waals surface area contributed by atoms with E-state index in [2.05, 4.69) is 10.6 Å². The van der Waals surface area contributed by atoms with E-state index in [-0.39, 0.29) is 0 Å². The van der Waals surface area contributed by atoms with Gasteiger partial charge in [0.25, 0.3) is 0 Å². The summed E-state index contributed by atoms with van der Waals surface area (Å²) in [6.07, 6.45) is -42.7. The highest BCUT2D eigenvalue weighted by Gasteiger charge is 2.57. The van der Waals surface area contributed by atoms with Crippen LogP contribution < -0.4 is 10.6 Å². The maximum atomic E-state index is 12.4. The Balaban J connectivity index is 1.38. The Hall–Kier alpha value is -2.02. The quantitative estimate of drug-likeness (QED) is 0.0725. The molecule has 0 bridgehead atoms. The number of hydrogen-bond acceptors (Lipinski definition) is 26. The number of carbonyl (C=O) groups excluding carboxylic acids is 2. The molecule has 5 saturated heterocycles. The van der Waals surface area contributed by atoms with E-state index in [0.717, 1.165) is 13.8 Å². The van der Waals surface area contributed by atoms with Crippen molar-refractivity contribution in [3.63, 3.8) is 0 Å². The molecule has 5 aliphatic rings. The molecule has 5 rings (SSSR count).